The number of rotatable bonds is 4. The highest BCUT2D eigenvalue weighted by Crippen LogP contribution is 2.26. The summed E-state index contributed by atoms with van der Waals surface area (Å²) in [6.45, 7) is 2.22. The zero-order valence-corrected chi connectivity index (χ0v) is 10.8. The Morgan fingerprint density at radius 3 is 2.93 bits per heavy atom. The van der Waals surface area contributed by atoms with E-state index >= 15 is 0 Å². The molecule has 0 amide bonds. The summed E-state index contributed by atoms with van der Waals surface area (Å²) in [5.41, 5.74) is 1.02. The Hall–Kier alpha value is -0.540. The third-order valence-electron chi connectivity index (χ3n) is 1.94. The normalized spacial score (nSPS) is 10.1. The van der Waals surface area contributed by atoms with Gasteiger partial charge in [-0.25, -0.2) is 0 Å². The van der Waals surface area contributed by atoms with Crippen molar-refractivity contribution in [1.82, 2.24) is 0 Å². The molecule has 0 aliphatic rings. The first-order valence-electron chi connectivity index (χ1n) is 4.73. The van der Waals surface area contributed by atoms with Crippen molar-refractivity contribution in [3.8, 4) is 0 Å². The van der Waals surface area contributed by atoms with Crippen molar-refractivity contribution in [2.75, 3.05) is 6.61 Å². The summed E-state index contributed by atoms with van der Waals surface area (Å²) in [4.78, 5) is 11.1. The second-order valence-electron chi connectivity index (χ2n) is 3.02. The van der Waals surface area contributed by atoms with Crippen molar-refractivity contribution in [2.24, 2.45) is 0 Å². The molecule has 0 saturated heterocycles. The predicted octanol–water partition coefficient (Wildman–Crippen LogP) is 3.60. The molecule has 2 nitrogen and oxygen atoms in total. The lowest BCUT2D eigenvalue weighted by atomic mass is 10.1. The molecule has 1 aromatic rings. The largest absolute Gasteiger partial charge is 0.466 e. The van der Waals surface area contributed by atoms with Crippen LogP contribution in [0.4, 0.5) is 0 Å². The van der Waals surface area contributed by atoms with Crippen LogP contribution in [-0.2, 0) is 16.0 Å². The Kier molecular flexibility index (Phi) is 5.12. The van der Waals surface area contributed by atoms with Crippen LogP contribution in [0, 0.1) is 0 Å². The van der Waals surface area contributed by atoms with E-state index in [1.807, 2.05) is 12.1 Å². The number of ether oxygens (including phenoxy) is 1. The van der Waals surface area contributed by atoms with Gasteiger partial charge in [-0.2, -0.15) is 0 Å². The molecule has 82 valence electrons. The molecule has 0 aliphatic carbocycles. The highest BCUT2D eigenvalue weighted by molar-refractivity contribution is 9.10. The van der Waals surface area contributed by atoms with Gasteiger partial charge in [0, 0.05) is 10.9 Å². The van der Waals surface area contributed by atoms with Crippen LogP contribution in [-0.4, -0.2) is 12.6 Å². The number of hydrogen-bond donors (Lipinski definition) is 0. The smallest absolute Gasteiger partial charge is 0.306 e. The summed E-state index contributed by atoms with van der Waals surface area (Å²) in [7, 11) is 0. The average molecular weight is 292 g/mol. The average Bonchev–Trinajstić information content (AvgIpc) is 2.21. The van der Waals surface area contributed by atoms with Gasteiger partial charge in [0.05, 0.1) is 11.6 Å². The van der Waals surface area contributed by atoms with Crippen LogP contribution in [0.15, 0.2) is 22.7 Å². The number of hydrogen-bond acceptors (Lipinski definition) is 2. The van der Waals surface area contributed by atoms with Crippen LogP contribution in [0.1, 0.15) is 18.9 Å². The number of aryl methyl sites for hydroxylation is 1. The maximum atomic E-state index is 11.1. The SMILES string of the molecule is CCOC(=O)CCc1cccc(Cl)c1Br. The molecule has 4 heteroatoms. The number of benzene rings is 1. The summed E-state index contributed by atoms with van der Waals surface area (Å²) in [5, 5.41) is 0.663. The summed E-state index contributed by atoms with van der Waals surface area (Å²) < 4.78 is 5.70. The molecule has 0 bridgehead atoms. The topological polar surface area (TPSA) is 26.3 Å². The number of carbonyl (C=O) groups is 1. The molecule has 0 heterocycles. The number of esters is 1. The fraction of sp³-hybridized carbons (Fsp3) is 0.364. The van der Waals surface area contributed by atoms with E-state index in [1.165, 1.54) is 0 Å². The van der Waals surface area contributed by atoms with Crippen molar-refractivity contribution < 1.29 is 9.53 Å². The minimum absolute atomic E-state index is 0.177. The van der Waals surface area contributed by atoms with Crippen molar-refractivity contribution in [1.29, 1.82) is 0 Å². The summed E-state index contributed by atoms with van der Waals surface area (Å²) in [6, 6.07) is 5.61. The Balaban J connectivity index is 2.58. The molecule has 0 aromatic heterocycles. The third-order valence-corrected chi connectivity index (χ3v) is 3.42. The van der Waals surface area contributed by atoms with E-state index in [1.54, 1.807) is 13.0 Å². The molecule has 1 aromatic carbocycles. The third kappa shape index (κ3) is 3.84. The van der Waals surface area contributed by atoms with Crippen LogP contribution in [0.5, 0.6) is 0 Å². The molecule has 0 N–H and O–H groups in total. The monoisotopic (exact) mass is 290 g/mol. The van der Waals surface area contributed by atoms with Gasteiger partial charge in [-0.1, -0.05) is 23.7 Å². The molecule has 0 aliphatic heterocycles. The second-order valence-corrected chi connectivity index (χ2v) is 4.22. The summed E-state index contributed by atoms with van der Waals surface area (Å²) >= 11 is 9.31. The zero-order valence-electron chi connectivity index (χ0n) is 8.43. The fourth-order valence-electron chi connectivity index (χ4n) is 1.21. The van der Waals surface area contributed by atoms with E-state index in [-0.39, 0.29) is 5.97 Å². The van der Waals surface area contributed by atoms with E-state index in [0.29, 0.717) is 24.5 Å². The van der Waals surface area contributed by atoms with Gasteiger partial charge in [0.1, 0.15) is 0 Å². The lowest BCUT2D eigenvalue weighted by molar-refractivity contribution is -0.143. The number of carbonyl (C=O) groups excluding carboxylic acids is 1. The van der Waals surface area contributed by atoms with Gasteiger partial charge in [0.25, 0.3) is 0 Å². The molecule has 15 heavy (non-hydrogen) atoms. The van der Waals surface area contributed by atoms with Crippen LogP contribution < -0.4 is 0 Å². The molecule has 0 unspecified atom stereocenters. The first kappa shape index (κ1) is 12.5. The zero-order chi connectivity index (χ0) is 11.3. The van der Waals surface area contributed by atoms with Crippen LogP contribution >= 0.6 is 27.5 Å². The maximum absolute atomic E-state index is 11.1. The van der Waals surface area contributed by atoms with Gasteiger partial charge in [0.2, 0.25) is 0 Å². The first-order chi connectivity index (χ1) is 7.15. The van der Waals surface area contributed by atoms with Gasteiger partial charge >= 0.3 is 5.97 Å². The fourth-order valence-corrected chi connectivity index (χ4v) is 1.87. The van der Waals surface area contributed by atoms with Gasteiger partial charge in [0.15, 0.2) is 0 Å². The highest BCUT2D eigenvalue weighted by Gasteiger charge is 2.07. The summed E-state index contributed by atoms with van der Waals surface area (Å²) in [5.74, 6) is -0.177. The van der Waals surface area contributed by atoms with Crippen molar-refractivity contribution in [3.05, 3.63) is 33.3 Å². The van der Waals surface area contributed by atoms with Crippen LogP contribution in [0.2, 0.25) is 5.02 Å². The van der Waals surface area contributed by atoms with E-state index in [4.69, 9.17) is 16.3 Å². The molecule has 0 saturated carbocycles. The van der Waals surface area contributed by atoms with Crippen LogP contribution in [0.3, 0.4) is 0 Å². The molecule has 0 spiro atoms. The highest BCUT2D eigenvalue weighted by atomic mass is 79.9. The van der Waals surface area contributed by atoms with Gasteiger partial charge in [-0.15, -0.1) is 0 Å². The van der Waals surface area contributed by atoms with E-state index in [0.717, 1.165) is 10.0 Å². The minimum Gasteiger partial charge on any atom is -0.466 e. The summed E-state index contributed by atoms with van der Waals surface area (Å²) in [6.07, 6.45) is 1.02. The molecule has 1 rings (SSSR count). The van der Waals surface area contributed by atoms with E-state index < -0.39 is 0 Å². The Labute approximate surface area is 103 Å². The van der Waals surface area contributed by atoms with E-state index in [9.17, 15) is 4.79 Å². The quantitative estimate of drug-likeness (QED) is 0.792. The van der Waals surface area contributed by atoms with Crippen molar-refractivity contribution >= 4 is 33.5 Å². The predicted molar refractivity (Wildman–Crippen MR) is 64.1 cm³/mol. The Morgan fingerprint density at radius 2 is 2.27 bits per heavy atom. The number of halogens is 2. The van der Waals surface area contributed by atoms with Crippen molar-refractivity contribution in [3.63, 3.8) is 0 Å². The van der Waals surface area contributed by atoms with Gasteiger partial charge in [-0.3, -0.25) is 4.79 Å². The van der Waals surface area contributed by atoms with Gasteiger partial charge in [-0.05, 0) is 40.9 Å². The minimum atomic E-state index is -0.177. The van der Waals surface area contributed by atoms with E-state index in [2.05, 4.69) is 15.9 Å². The molecular formula is C11H12BrClO2. The lowest BCUT2D eigenvalue weighted by Gasteiger charge is -2.05. The Morgan fingerprint density at radius 1 is 1.53 bits per heavy atom. The molecular weight excluding hydrogens is 279 g/mol. The van der Waals surface area contributed by atoms with Crippen LogP contribution in [0.25, 0.3) is 0 Å². The standard InChI is InChI=1S/C11H12BrClO2/c1-2-15-10(14)7-6-8-4-3-5-9(13)11(8)12/h3-5H,2,6-7H2,1H3. The molecule has 0 radical (unpaired) electrons. The van der Waals surface area contributed by atoms with Gasteiger partial charge < -0.3 is 4.74 Å². The van der Waals surface area contributed by atoms with Crippen molar-refractivity contribution in [2.45, 2.75) is 19.8 Å². The Bertz CT molecular complexity index is 352. The molecule has 0 fully saturated rings. The second kappa shape index (κ2) is 6.13. The lowest BCUT2D eigenvalue weighted by Crippen LogP contribution is -2.05. The first-order valence-corrected chi connectivity index (χ1v) is 5.90. The molecule has 0 atom stereocenters. The maximum Gasteiger partial charge on any atom is 0.306 e.